The number of ether oxygens (including phenoxy) is 1. The second kappa shape index (κ2) is 7.31. The standard InChI is InChI=1S/C23H27N3O4/c1-5-23(16-6-10-18(30-4)11-7-16)21(28)25(22(29)24-23)13-20(27)19-12-14(2)26(15(19)3)17-8-9-17/h6-7,10-12,17H,5,8-9,13H2,1-4H3,(H,24,29)/t23-/m1/s1. The molecule has 1 aromatic heterocycles. The van der Waals surface area contributed by atoms with Crippen molar-refractivity contribution in [2.24, 2.45) is 0 Å². The summed E-state index contributed by atoms with van der Waals surface area (Å²) < 4.78 is 7.37. The number of hydrogen-bond acceptors (Lipinski definition) is 4. The molecule has 2 heterocycles. The number of nitrogens with one attached hydrogen (secondary N) is 1. The van der Waals surface area contributed by atoms with Crippen LogP contribution in [0.2, 0.25) is 0 Å². The number of carbonyl (C=O) groups is 3. The molecule has 7 nitrogen and oxygen atoms in total. The molecule has 1 atom stereocenters. The predicted octanol–water partition coefficient (Wildman–Crippen LogP) is 3.49. The quantitative estimate of drug-likeness (QED) is 0.561. The molecule has 0 bridgehead atoms. The van der Waals surface area contributed by atoms with Gasteiger partial charge in [-0.3, -0.25) is 14.5 Å². The van der Waals surface area contributed by atoms with E-state index in [1.165, 1.54) is 0 Å². The van der Waals surface area contributed by atoms with Gasteiger partial charge in [0.1, 0.15) is 11.3 Å². The van der Waals surface area contributed by atoms with Crippen LogP contribution in [0.5, 0.6) is 5.75 Å². The minimum absolute atomic E-state index is 0.222. The zero-order valence-corrected chi connectivity index (χ0v) is 17.8. The van der Waals surface area contributed by atoms with Crippen LogP contribution in [-0.2, 0) is 10.3 Å². The van der Waals surface area contributed by atoms with Gasteiger partial charge in [0.05, 0.1) is 13.7 Å². The summed E-state index contributed by atoms with van der Waals surface area (Å²) in [7, 11) is 1.57. The number of carbonyl (C=O) groups excluding carboxylic acids is 3. The second-order valence-corrected chi connectivity index (χ2v) is 8.12. The minimum atomic E-state index is -1.17. The molecule has 0 radical (unpaired) electrons. The molecule has 0 spiro atoms. The largest absolute Gasteiger partial charge is 0.497 e. The normalized spacial score (nSPS) is 21.1. The second-order valence-electron chi connectivity index (χ2n) is 8.12. The summed E-state index contributed by atoms with van der Waals surface area (Å²) in [5.74, 6) is 0.0458. The van der Waals surface area contributed by atoms with Crippen LogP contribution in [0.15, 0.2) is 30.3 Å². The first kappa shape index (κ1) is 20.2. The van der Waals surface area contributed by atoms with Gasteiger partial charge in [0, 0.05) is 23.0 Å². The molecule has 3 amide bonds. The Balaban J connectivity index is 1.59. The molecule has 1 saturated heterocycles. The average molecular weight is 409 g/mol. The summed E-state index contributed by atoms with van der Waals surface area (Å²) in [6.45, 7) is 5.49. The Hall–Kier alpha value is -3.09. The van der Waals surface area contributed by atoms with E-state index in [0.29, 0.717) is 29.3 Å². The molecule has 1 aliphatic carbocycles. The molecular formula is C23H27N3O4. The lowest BCUT2D eigenvalue weighted by Gasteiger charge is -2.26. The highest BCUT2D eigenvalue weighted by molar-refractivity contribution is 6.11. The van der Waals surface area contributed by atoms with E-state index in [1.807, 2.05) is 26.8 Å². The van der Waals surface area contributed by atoms with E-state index in [1.54, 1.807) is 31.4 Å². The fourth-order valence-electron chi connectivity index (χ4n) is 4.47. The van der Waals surface area contributed by atoms with Gasteiger partial charge in [0.25, 0.3) is 5.91 Å². The smallest absolute Gasteiger partial charge is 0.325 e. The summed E-state index contributed by atoms with van der Waals surface area (Å²) in [5, 5.41) is 2.83. The Bertz CT molecular complexity index is 1020. The number of aromatic nitrogens is 1. The summed E-state index contributed by atoms with van der Waals surface area (Å²) in [6.07, 6.45) is 2.63. The molecule has 1 saturated carbocycles. The van der Waals surface area contributed by atoms with E-state index in [-0.39, 0.29) is 12.3 Å². The lowest BCUT2D eigenvalue weighted by Crippen LogP contribution is -2.43. The van der Waals surface area contributed by atoms with Gasteiger partial charge < -0.3 is 14.6 Å². The Morgan fingerprint density at radius 3 is 2.43 bits per heavy atom. The molecule has 0 unspecified atom stereocenters. The van der Waals surface area contributed by atoms with Gasteiger partial charge in [-0.05, 0) is 56.9 Å². The van der Waals surface area contributed by atoms with E-state index in [0.717, 1.165) is 29.1 Å². The molecular weight excluding hydrogens is 382 g/mol. The highest BCUT2D eigenvalue weighted by atomic mass is 16.5. The number of methoxy groups -OCH3 is 1. The topological polar surface area (TPSA) is 80.6 Å². The third-order valence-electron chi connectivity index (χ3n) is 6.29. The van der Waals surface area contributed by atoms with Crippen molar-refractivity contribution in [1.29, 1.82) is 0 Å². The van der Waals surface area contributed by atoms with E-state index < -0.39 is 17.5 Å². The molecule has 2 aliphatic rings. The Labute approximate surface area is 176 Å². The number of imide groups is 1. The highest BCUT2D eigenvalue weighted by Gasteiger charge is 2.51. The van der Waals surface area contributed by atoms with Gasteiger partial charge in [-0.25, -0.2) is 4.79 Å². The van der Waals surface area contributed by atoms with Gasteiger partial charge in [-0.2, -0.15) is 0 Å². The number of Topliss-reactive ketones (excluding diaryl/α,β-unsaturated/α-hetero) is 1. The van der Waals surface area contributed by atoms with Gasteiger partial charge in [0.2, 0.25) is 0 Å². The van der Waals surface area contributed by atoms with Crippen LogP contribution in [0.25, 0.3) is 0 Å². The first-order valence-electron chi connectivity index (χ1n) is 10.3. The number of nitrogens with zero attached hydrogens (tertiary/aromatic N) is 2. The number of hydrogen-bond donors (Lipinski definition) is 1. The summed E-state index contributed by atoms with van der Waals surface area (Å²) in [6, 6.07) is 8.85. The van der Waals surface area contributed by atoms with Crippen molar-refractivity contribution >= 4 is 17.7 Å². The highest BCUT2D eigenvalue weighted by Crippen LogP contribution is 2.39. The Kier molecular flexibility index (Phi) is 4.92. The maximum atomic E-state index is 13.3. The molecule has 158 valence electrons. The molecule has 2 aromatic rings. The van der Waals surface area contributed by atoms with E-state index in [2.05, 4.69) is 9.88 Å². The average Bonchev–Trinajstić information content (AvgIpc) is 3.49. The van der Waals surface area contributed by atoms with E-state index >= 15 is 0 Å². The van der Waals surface area contributed by atoms with Crippen LogP contribution < -0.4 is 10.1 Å². The van der Waals surface area contributed by atoms with Gasteiger partial charge in [0.15, 0.2) is 5.78 Å². The molecule has 2 fully saturated rings. The van der Waals surface area contributed by atoms with Crippen LogP contribution in [0.4, 0.5) is 4.79 Å². The van der Waals surface area contributed by atoms with Crippen molar-refractivity contribution in [2.75, 3.05) is 13.7 Å². The minimum Gasteiger partial charge on any atom is -0.497 e. The first-order chi connectivity index (χ1) is 14.3. The number of urea groups is 1. The third kappa shape index (κ3) is 3.09. The lowest BCUT2D eigenvalue weighted by molar-refractivity contribution is -0.131. The zero-order valence-electron chi connectivity index (χ0n) is 17.8. The molecule has 1 aliphatic heterocycles. The molecule has 30 heavy (non-hydrogen) atoms. The maximum absolute atomic E-state index is 13.3. The first-order valence-corrected chi connectivity index (χ1v) is 10.3. The predicted molar refractivity (Wildman–Crippen MR) is 112 cm³/mol. The van der Waals surface area contributed by atoms with Gasteiger partial charge in [-0.15, -0.1) is 0 Å². The summed E-state index contributed by atoms with van der Waals surface area (Å²) in [4.78, 5) is 40.1. The number of rotatable bonds is 7. The van der Waals surface area contributed by atoms with Crippen molar-refractivity contribution in [3.63, 3.8) is 0 Å². The Morgan fingerprint density at radius 2 is 1.87 bits per heavy atom. The number of amides is 3. The third-order valence-corrected chi connectivity index (χ3v) is 6.29. The van der Waals surface area contributed by atoms with Gasteiger partial charge in [-0.1, -0.05) is 19.1 Å². The summed E-state index contributed by atoms with van der Waals surface area (Å²) in [5.41, 5.74) is 2.03. The molecule has 1 N–H and O–H groups in total. The number of ketones is 1. The molecule has 4 rings (SSSR count). The van der Waals surface area contributed by atoms with Crippen LogP contribution in [0.3, 0.4) is 0 Å². The van der Waals surface area contributed by atoms with Crippen molar-refractivity contribution in [1.82, 2.24) is 14.8 Å². The zero-order chi connectivity index (χ0) is 21.6. The monoisotopic (exact) mass is 409 g/mol. The van der Waals surface area contributed by atoms with Crippen LogP contribution in [0, 0.1) is 13.8 Å². The van der Waals surface area contributed by atoms with Crippen LogP contribution in [-0.4, -0.2) is 40.8 Å². The van der Waals surface area contributed by atoms with Crippen molar-refractivity contribution in [3.8, 4) is 5.75 Å². The van der Waals surface area contributed by atoms with Crippen molar-refractivity contribution in [2.45, 2.75) is 51.6 Å². The maximum Gasteiger partial charge on any atom is 0.325 e. The number of benzene rings is 1. The Morgan fingerprint density at radius 1 is 1.20 bits per heavy atom. The summed E-state index contributed by atoms with van der Waals surface area (Å²) >= 11 is 0. The van der Waals surface area contributed by atoms with Crippen LogP contribution in [0.1, 0.15) is 59.5 Å². The van der Waals surface area contributed by atoms with Gasteiger partial charge >= 0.3 is 6.03 Å². The van der Waals surface area contributed by atoms with Crippen molar-refractivity contribution < 1.29 is 19.1 Å². The van der Waals surface area contributed by atoms with E-state index in [9.17, 15) is 14.4 Å². The lowest BCUT2D eigenvalue weighted by atomic mass is 9.87. The van der Waals surface area contributed by atoms with Crippen molar-refractivity contribution in [3.05, 3.63) is 52.8 Å². The molecule has 1 aromatic carbocycles. The van der Waals surface area contributed by atoms with E-state index in [4.69, 9.17) is 4.74 Å². The fraction of sp³-hybridized carbons (Fsp3) is 0.435. The van der Waals surface area contributed by atoms with Crippen LogP contribution >= 0.6 is 0 Å². The molecule has 7 heteroatoms. The number of aryl methyl sites for hydroxylation is 1. The fourth-order valence-corrected chi connectivity index (χ4v) is 4.47. The SMILES string of the molecule is CC[C@]1(c2ccc(OC)cc2)NC(=O)N(CC(=O)c2cc(C)n(C3CC3)c2C)C1=O.